The zero-order valence-corrected chi connectivity index (χ0v) is 9.90. The zero-order chi connectivity index (χ0) is 12.0. The molecule has 1 spiro atoms. The van der Waals surface area contributed by atoms with E-state index in [-0.39, 0.29) is 17.3 Å². The summed E-state index contributed by atoms with van der Waals surface area (Å²) in [6.07, 6.45) is 3.94. The summed E-state index contributed by atoms with van der Waals surface area (Å²) in [7, 11) is 1.45. The highest BCUT2D eigenvalue weighted by atomic mass is 16.5. The Labute approximate surface area is 100 Å². The molecule has 1 N–H and O–H groups in total. The Morgan fingerprint density at radius 3 is 2.94 bits per heavy atom. The molecule has 2 atom stereocenters. The van der Waals surface area contributed by atoms with Gasteiger partial charge >= 0.3 is 5.97 Å². The SMILES string of the molecule is COC(=O)[C@H]1CC[C@@]12CCc1ccc(O)cc12. The number of hydrogen-bond acceptors (Lipinski definition) is 3. The Morgan fingerprint density at radius 1 is 1.47 bits per heavy atom. The van der Waals surface area contributed by atoms with Gasteiger partial charge in [0.15, 0.2) is 0 Å². The molecule has 3 nitrogen and oxygen atoms in total. The molecule has 17 heavy (non-hydrogen) atoms. The molecule has 1 fully saturated rings. The van der Waals surface area contributed by atoms with Gasteiger partial charge in [0, 0.05) is 5.41 Å². The van der Waals surface area contributed by atoms with Gasteiger partial charge in [-0.2, -0.15) is 0 Å². The molecule has 3 heteroatoms. The molecule has 0 saturated heterocycles. The lowest BCUT2D eigenvalue weighted by molar-refractivity contribution is -0.153. The second-order valence-corrected chi connectivity index (χ2v) is 5.11. The van der Waals surface area contributed by atoms with E-state index in [2.05, 4.69) is 0 Å². The molecule has 3 rings (SSSR count). The number of ether oxygens (including phenoxy) is 1. The monoisotopic (exact) mass is 232 g/mol. The fourth-order valence-corrected chi connectivity index (χ4v) is 3.48. The molecule has 0 radical (unpaired) electrons. The van der Waals surface area contributed by atoms with E-state index in [9.17, 15) is 9.90 Å². The fourth-order valence-electron chi connectivity index (χ4n) is 3.48. The van der Waals surface area contributed by atoms with Crippen molar-refractivity contribution in [2.24, 2.45) is 5.92 Å². The van der Waals surface area contributed by atoms with Crippen molar-refractivity contribution in [3.63, 3.8) is 0 Å². The van der Waals surface area contributed by atoms with E-state index in [0.717, 1.165) is 25.7 Å². The minimum Gasteiger partial charge on any atom is -0.508 e. The molecule has 1 aromatic rings. The van der Waals surface area contributed by atoms with Crippen LogP contribution in [0.3, 0.4) is 0 Å². The standard InChI is InChI=1S/C14H16O3/c1-17-13(16)11-5-7-14(11)6-4-9-2-3-10(15)8-12(9)14/h2-3,8,11,15H,4-7H2,1H3/t11-,14+/m1/s1. The first-order valence-electron chi connectivity index (χ1n) is 6.07. The Hall–Kier alpha value is -1.51. The lowest BCUT2D eigenvalue weighted by atomic mass is 9.57. The number of fused-ring (bicyclic) bond motifs is 2. The van der Waals surface area contributed by atoms with E-state index in [0.29, 0.717) is 5.75 Å². The number of phenols is 1. The van der Waals surface area contributed by atoms with Crippen LogP contribution in [-0.4, -0.2) is 18.2 Å². The normalized spacial score (nSPS) is 29.8. The van der Waals surface area contributed by atoms with E-state index < -0.39 is 0 Å². The molecule has 2 aliphatic rings. The Kier molecular flexibility index (Phi) is 2.18. The van der Waals surface area contributed by atoms with Gasteiger partial charge in [-0.05, 0) is 48.9 Å². The van der Waals surface area contributed by atoms with E-state index in [1.54, 1.807) is 6.07 Å². The maximum Gasteiger partial charge on any atom is 0.309 e. The molecule has 0 aliphatic heterocycles. The second-order valence-electron chi connectivity index (χ2n) is 5.11. The van der Waals surface area contributed by atoms with Crippen LogP contribution >= 0.6 is 0 Å². The smallest absolute Gasteiger partial charge is 0.309 e. The third kappa shape index (κ3) is 1.31. The van der Waals surface area contributed by atoms with Crippen LogP contribution in [0.5, 0.6) is 5.75 Å². The van der Waals surface area contributed by atoms with Gasteiger partial charge in [-0.15, -0.1) is 0 Å². The number of phenolic OH excluding ortho intramolecular Hbond substituents is 1. The van der Waals surface area contributed by atoms with Crippen molar-refractivity contribution in [1.29, 1.82) is 0 Å². The lowest BCUT2D eigenvalue weighted by Crippen LogP contribution is -2.47. The number of carbonyl (C=O) groups excluding carboxylic acids is 1. The number of rotatable bonds is 1. The van der Waals surface area contributed by atoms with Crippen molar-refractivity contribution in [2.45, 2.75) is 31.1 Å². The van der Waals surface area contributed by atoms with E-state index in [1.165, 1.54) is 18.2 Å². The minimum atomic E-state index is -0.104. The Morgan fingerprint density at radius 2 is 2.29 bits per heavy atom. The van der Waals surface area contributed by atoms with Crippen LogP contribution in [0.2, 0.25) is 0 Å². The fraction of sp³-hybridized carbons (Fsp3) is 0.500. The van der Waals surface area contributed by atoms with Gasteiger partial charge in [-0.1, -0.05) is 6.07 Å². The minimum absolute atomic E-state index is 0.0180. The van der Waals surface area contributed by atoms with Crippen molar-refractivity contribution in [1.82, 2.24) is 0 Å². The molecule has 2 aliphatic carbocycles. The molecule has 1 saturated carbocycles. The second kappa shape index (κ2) is 3.49. The highest BCUT2D eigenvalue weighted by molar-refractivity contribution is 5.77. The van der Waals surface area contributed by atoms with Crippen LogP contribution in [-0.2, 0) is 21.4 Å². The van der Waals surface area contributed by atoms with E-state index >= 15 is 0 Å². The number of hydrogen-bond donors (Lipinski definition) is 1. The van der Waals surface area contributed by atoms with Gasteiger partial charge in [0.25, 0.3) is 0 Å². The van der Waals surface area contributed by atoms with Crippen LogP contribution in [0.4, 0.5) is 0 Å². The van der Waals surface area contributed by atoms with Crippen molar-refractivity contribution in [2.75, 3.05) is 7.11 Å². The molecule has 0 aromatic heterocycles. The first kappa shape index (κ1) is 10.6. The molecule has 0 amide bonds. The average Bonchev–Trinajstić information content (AvgIpc) is 2.68. The number of benzene rings is 1. The van der Waals surface area contributed by atoms with E-state index in [4.69, 9.17) is 4.74 Å². The highest BCUT2D eigenvalue weighted by Crippen LogP contribution is 2.57. The molecule has 90 valence electrons. The van der Waals surface area contributed by atoms with Crippen LogP contribution in [0.25, 0.3) is 0 Å². The van der Waals surface area contributed by atoms with Gasteiger partial charge in [0.2, 0.25) is 0 Å². The summed E-state index contributed by atoms with van der Waals surface area (Å²) in [5, 5.41) is 9.61. The number of aryl methyl sites for hydroxylation is 1. The summed E-state index contributed by atoms with van der Waals surface area (Å²) in [6.45, 7) is 0. The number of aromatic hydroxyl groups is 1. The van der Waals surface area contributed by atoms with Crippen molar-refractivity contribution in [3.8, 4) is 5.75 Å². The lowest BCUT2D eigenvalue weighted by Gasteiger charge is -2.46. The summed E-state index contributed by atoms with van der Waals surface area (Å²) >= 11 is 0. The van der Waals surface area contributed by atoms with Crippen LogP contribution in [0.1, 0.15) is 30.4 Å². The van der Waals surface area contributed by atoms with Gasteiger partial charge < -0.3 is 9.84 Å². The first-order valence-corrected chi connectivity index (χ1v) is 6.07. The van der Waals surface area contributed by atoms with Crippen molar-refractivity contribution < 1.29 is 14.6 Å². The average molecular weight is 232 g/mol. The number of methoxy groups -OCH3 is 1. The summed E-state index contributed by atoms with van der Waals surface area (Å²) < 4.78 is 4.88. The molecule has 0 heterocycles. The van der Waals surface area contributed by atoms with Gasteiger partial charge in [0.05, 0.1) is 13.0 Å². The molecule has 1 aromatic carbocycles. The number of esters is 1. The largest absolute Gasteiger partial charge is 0.508 e. The topological polar surface area (TPSA) is 46.5 Å². The van der Waals surface area contributed by atoms with Crippen LogP contribution in [0, 0.1) is 5.92 Å². The number of carbonyl (C=O) groups is 1. The summed E-state index contributed by atoms with van der Waals surface area (Å²) in [6, 6.07) is 5.53. The quantitative estimate of drug-likeness (QED) is 0.755. The van der Waals surface area contributed by atoms with Crippen molar-refractivity contribution in [3.05, 3.63) is 29.3 Å². The van der Waals surface area contributed by atoms with Gasteiger partial charge in [-0.25, -0.2) is 0 Å². The van der Waals surface area contributed by atoms with Gasteiger partial charge in [0.1, 0.15) is 5.75 Å². The third-order valence-electron chi connectivity index (χ3n) is 4.50. The maximum absolute atomic E-state index is 11.8. The first-order chi connectivity index (χ1) is 8.17. The molecule has 0 unspecified atom stereocenters. The van der Waals surface area contributed by atoms with Crippen LogP contribution < -0.4 is 0 Å². The summed E-state index contributed by atoms with van der Waals surface area (Å²) in [5.74, 6) is 0.170. The molecule has 0 bridgehead atoms. The van der Waals surface area contributed by atoms with Gasteiger partial charge in [-0.3, -0.25) is 4.79 Å². The zero-order valence-electron chi connectivity index (χ0n) is 9.90. The maximum atomic E-state index is 11.8. The van der Waals surface area contributed by atoms with Crippen LogP contribution in [0.15, 0.2) is 18.2 Å². The molecular formula is C14H16O3. The third-order valence-corrected chi connectivity index (χ3v) is 4.50. The Bertz CT molecular complexity index is 480. The summed E-state index contributed by atoms with van der Waals surface area (Å²) in [5.41, 5.74) is 2.39. The predicted octanol–water partition coefficient (Wildman–Crippen LogP) is 2.16. The van der Waals surface area contributed by atoms with E-state index in [1.807, 2.05) is 12.1 Å². The molecular weight excluding hydrogens is 216 g/mol. The predicted molar refractivity (Wildman–Crippen MR) is 62.8 cm³/mol. The van der Waals surface area contributed by atoms with Crippen molar-refractivity contribution >= 4 is 5.97 Å². The Balaban J connectivity index is 2.02. The highest BCUT2D eigenvalue weighted by Gasteiger charge is 2.55. The summed E-state index contributed by atoms with van der Waals surface area (Å²) in [4.78, 5) is 11.8.